The molecular formula is C31H39N3O5S. The molecule has 3 aromatic carbocycles. The molecule has 0 aliphatic rings. The number of ether oxygens (including phenoxy) is 1. The van der Waals surface area contributed by atoms with E-state index in [-0.39, 0.29) is 29.1 Å². The van der Waals surface area contributed by atoms with Gasteiger partial charge in [-0.05, 0) is 63.9 Å². The third-order valence-electron chi connectivity index (χ3n) is 6.65. The summed E-state index contributed by atoms with van der Waals surface area (Å²) in [4.78, 5) is 28.7. The van der Waals surface area contributed by atoms with Crippen molar-refractivity contribution in [1.82, 2.24) is 10.2 Å². The van der Waals surface area contributed by atoms with Gasteiger partial charge in [0.15, 0.2) is 0 Å². The maximum absolute atomic E-state index is 14.1. The van der Waals surface area contributed by atoms with Crippen molar-refractivity contribution >= 4 is 27.5 Å². The number of anilines is 1. The second-order valence-corrected chi connectivity index (χ2v) is 11.6. The van der Waals surface area contributed by atoms with Gasteiger partial charge in [-0.3, -0.25) is 13.9 Å². The van der Waals surface area contributed by atoms with Crippen LogP contribution < -0.4 is 14.4 Å². The predicted octanol–water partition coefficient (Wildman–Crippen LogP) is 4.92. The molecule has 0 bridgehead atoms. The fourth-order valence-corrected chi connectivity index (χ4v) is 5.67. The predicted molar refractivity (Wildman–Crippen MR) is 158 cm³/mol. The average Bonchev–Trinajstić information content (AvgIpc) is 2.95. The summed E-state index contributed by atoms with van der Waals surface area (Å²) in [5.74, 6) is -0.480. The molecule has 0 radical (unpaired) electrons. The Kier molecular flexibility index (Phi) is 10.7. The lowest BCUT2D eigenvalue weighted by atomic mass is 10.1. The standard InChI is InChI=1S/C31H39N3O5S/c1-6-24(4)32-31(36)25(5)33(21-26-15-13-14-23(3)20-26)30(35)22-34(28-18-11-12-19-29(28)39-7-2)40(37,38)27-16-9-8-10-17-27/h8-20,24-25H,6-7,21-22H2,1-5H3,(H,32,36)/t24-,25-/m0/s1. The van der Waals surface area contributed by atoms with Gasteiger partial charge in [0, 0.05) is 12.6 Å². The Morgan fingerprint density at radius 3 is 2.25 bits per heavy atom. The Hall–Kier alpha value is -3.85. The van der Waals surface area contributed by atoms with Gasteiger partial charge < -0.3 is 15.0 Å². The number of hydrogen-bond donors (Lipinski definition) is 1. The molecule has 0 spiro atoms. The normalized spacial score (nSPS) is 12.7. The maximum Gasteiger partial charge on any atom is 0.264 e. The van der Waals surface area contributed by atoms with Gasteiger partial charge >= 0.3 is 0 Å². The van der Waals surface area contributed by atoms with Crippen LogP contribution in [0.15, 0.2) is 83.8 Å². The Bertz CT molecular complexity index is 1390. The summed E-state index contributed by atoms with van der Waals surface area (Å²) in [5, 5.41) is 2.94. The number of carbonyl (C=O) groups excluding carboxylic acids is 2. The molecule has 8 nitrogen and oxygen atoms in total. The van der Waals surface area contributed by atoms with E-state index in [0.29, 0.717) is 12.4 Å². The molecule has 3 aromatic rings. The number of carbonyl (C=O) groups is 2. The van der Waals surface area contributed by atoms with Crippen LogP contribution in [0, 0.1) is 6.92 Å². The minimum Gasteiger partial charge on any atom is -0.492 e. The molecule has 1 N–H and O–H groups in total. The first-order chi connectivity index (χ1) is 19.1. The lowest BCUT2D eigenvalue weighted by Gasteiger charge is -2.33. The minimum absolute atomic E-state index is 0.0434. The molecule has 0 aromatic heterocycles. The van der Waals surface area contributed by atoms with E-state index in [4.69, 9.17) is 4.74 Å². The lowest BCUT2D eigenvalue weighted by molar-refractivity contribution is -0.139. The van der Waals surface area contributed by atoms with Crippen LogP contribution in [0.4, 0.5) is 5.69 Å². The van der Waals surface area contributed by atoms with Crippen LogP contribution in [0.25, 0.3) is 0 Å². The van der Waals surface area contributed by atoms with E-state index in [1.165, 1.54) is 17.0 Å². The summed E-state index contributed by atoms with van der Waals surface area (Å²) in [7, 11) is -4.17. The Morgan fingerprint density at radius 2 is 1.60 bits per heavy atom. The maximum atomic E-state index is 14.1. The largest absolute Gasteiger partial charge is 0.492 e. The highest BCUT2D eigenvalue weighted by molar-refractivity contribution is 7.92. The fraction of sp³-hybridized carbons (Fsp3) is 0.355. The summed E-state index contributed by atoms with van der Waals surface area (Å²) in [6.07, 6.45) is 0.738. The summed E-state index contributed by atoms with van der Waals surface area (Å²) in [6, 6.07) is 21.5. The molecule has 0 fully saturated rings. The minimum atomic E-state index is -4.17. The highest BCUT2D eigenvalue weighted by Crippen LogP contribution is 2.32. The third-order valence-corrected chi connectivity index (χ3v) is 8.42. The molecule has 9 heteroatoms. The van der Waals surface area contributed by atoms with Crippen molar-refractivity contribution in [2.24, 2.45) is 0 Å². The van der Waals surface area contributed by atoms with Crippen molar-refractivity contribution in [3.63, 3.8) is 0 Å². The van der Waals surface area contributed by atoms with Crippen molar-refractivity contribution < 1.29 is 22.7 Å². The molecule has 214 valence electrons. The van der Waals surface area contributed by atoms with Crippen LogP contribution in [0.5, 0.6) is 5.75 Å². The van der Waals surface area contributed by atoms with Crippen molar-refractivity contribution in [1.29, 1.82) is 0 Å². The van der Waals surface area contributed by atoms with Gasteiger partial charge in [-0.25, -0.2) is 8.42 Å². The SMILES string of the molecule is CCOc1ccccc1N(CC(=O)N(Cc1cccc(C)c1)[C@@H](C)C(=O)N[C@@H](C)CC)S(=O)(=O)c1ccccc1. The summed E-state index contributed by atoms with van der Waals surface area (Å²) >= 11 is 0. The van der Waals surface area contributed by atoms with Crippen LogP contribution in [0.1, 0.15) is 45.2 Å². The van der Waals surface area contributed by atoms with Gasteiger partial charge in [0.2, 0.25) is 11.8 Å². The lowest BCUT2D eigenvalue weighted by Crippen LogP contribution is -2.52. The van der Waals surface area contributed by atoms with Crippen LogP contribution in [-0.4, -0.2) is 50.4 Å². The van der Waals surface area contributed by atoms with E-state index in [1.54, 1.807) is 56.3 Å². The first-order valence-corrected chi connectivity index (χ1v) is 15.0. The number of sulfonamides is 1. The van der Waals surface area contributed by atoms with E-state index in [1.807, 2.05) is 45.0 Å². The quantitative estimate of drug-likeness (QED) is 0.317. The molecule has 0 saturated carbocycles. The van der Waals surface area contributed by atoms with Crippen LogP contribution in [0.2, 0.25) is 0 Å². The number of benzene rings is 3. The van der Waals surface area contributed by atoms with Crippen molar-refractivity contribution in [3.05, 3.63) is 90.0 Å². The molecule has 2 amide bonds. The topological polar surface area (TPSA) is 96.0 Å². The molecular weight excluding hydrogens is 526 g/mol. The summed E-state index contributed by atoms with van der Waals surface area (Å²) in [5.41, 5.74) is 2.10. The Morgan fingerprint density at radius 1 is 0.925 bits per heavy atom. The zero-order valence-electron chi connectivity index (χ0n) is 23.8. The molecule has 0 unspecified atom stereocenters. The van der Waals surface area contributed by atoms with E-state index < -0.39 is 28.5 Å². The monoisotopic (exact) mass is 565 g/mol. The number of para-hydroxylation sites is 2. The average molecular weight is 566 g/mol. The molecule has 0 saturated heterocycles. The third kappa shape index (κ3) is 7.63. The number of rotatable bonds is 13. The van der Waals surface area contributed by atoms with Crippen LogP contribution >= 0.6 is 0 Å². The zero-order chi connectivity index (χ0) is 29.3. The highest BCUT2D eigenvalue weighted by Gasteiger charge is 2.34. The second kappa shape index (κ2) is 14.0. The molecule has 0 aliphatic carbocycles. The van der Waals surface area contributed by atoms with E-state index in [9.17, 15) is 18.0 Å². The fourth-order valence-electron chi connectivity index (χ4n) is 4.23. The number of amides is 2. The van der Waals surface area contributed by atoms with Crippen LogP contribution in [0.3, 0.4) is 0 Å². The first kappa shape index (κ1) is 30.7. The summed E-state index contributed by atoms with van der Waals surface area (Å²) < 4.78 is 34.7. The van der Waals surface area contributed by atoms with Crippen molar-refractivity contribution in [3.8, 4) is 5.75 Å². The van der Waals surface area contributed by atoms with Crippen LogP contribution in [-0.2, 0) is 26.2 Å². The van der Waals surface area contributed by atoms with Gasteiger partial charge in [-0.15, -0.1) is 0 Å². The van der Waals surface area contributed by atoms with E-state index in [2.05, 4.69) is 5.32 Å². The number of aryl methyl sites for hydroxylation is 1. The van der Waals surface area contributed by atoms with E-state index >= 15 is 0 Å². The van der Waals surface area contributed by atoms with Gasteiger partial charge in [0.25, 0.3) is 10.0 Å². The Labute approximate surface area is 238 Å². The van der Waals surface area contributed by atoms with Gasteiger partial charge in [-0.1, -0.05) is 67.1 Å². The van der Waals surface area contributed by atoms with Crippen molar-refractivity contribution in [2.45, 2.75) is 64.6 Å². The van der Waals surface area contributed by atoms with E-state index in [0.717, 1.165) is 21.9 Å². The smallest absolute Gasteiger partial charge is 0.264 e. The van der Waals surface area contributed by atoms with Gasteiger partial charge in [-0.2, -0.15) is 0 Å². The Balaban J connectivity index is 2.06. The highest BCUT2D eigenvalue weighted by atomic mass is 32.2. The number of hydrogen-bond acceptors (Lipinski definition) is 5. The molecule has 3 rings (SSSR count). The molecule has 0 aliphatic heterocycles. The first-order valence-electron chi connectivity index (χ1n) is 13.5. The summed E-state index contributed by atoms with van der Waals surface area (Å²) in [6.45, 7) is 9.22. The molecule has 0 heterocycles. The molecule has 2 atom stereocenters. The zero-order valence-corrected chi connectivity index (χ0v) is 24.6. The van der Waals surface area contributed by atoms with Gasteiger partial charge in [0.1, 0.15) is 18.3 Å². The number of nitrogens with one attached hydrogen (secondary N) is 1. The molecule has 40 heavy (non-hydrogen) atoms. The number of nitrogens with zero attached hydrogens (tertiary/aromatic N) is 2. The van der Waals surface area contributed by atoms with Crippen molar-refractivity contribution in [2.75, 3.05) is 17.5 Å². The second-order valence-electron chi connectivity index (χ2n) is 9.73. The van der Waals surface area contributed by atoms with Gasteiger partial charge in [0.05, 0.1) is 17.2 Å².